The van der Waals surface area contributed by atoms with Gasteiger partial charge >= 0.3 is 5.97 Å². The van der Waals surface area contributed by atoms with E-state index in [1.165, 1.54) is 6.92 Å². The van der Waals surface area contributed by atoms with E-state index in [0.29, 0.717) is 18.6 Å². The highest BCUT2D eigenvalue weighted by Crippen LogP contribution is 2.17. The van der Waals surface area contributed by atoms with Crippen LogP contribution in [0.4, 0.5) is 0 Å². The van der Waals surface area contributed by atoms with Gasteiger partial charge in [0, 0.05) is 6.42 Å². The highest BCUT2D eigenvalue weighted by molar-refractivity contribution is 5.85. The van der Waals surface area contributed by atoms with E-state index >= 15 is 0 Å². The molecule has 0 aliphatic heterocycles. The molecule has 0 spiro atoms. The average Bonchev–Trinajstić information content (AvgIpc) is 2.31. The molecule has 2 N–H and O–H groups in total. The van der Waals surface area contributed by atoms with Gasteiger partial charge in [0.05, 0.1) is 5.54 Å². The van der Waals surface area contributed by atoms with Gasteiger partial charge in [-0.2, -0.15) is 0 Å². The Morgan fingerprint density at radius 1 is 1.28 bits per heavy atom. The molecule has 1 aromatic rings. The molecule has 0 bridgehead atoms. The lowest BCUT2D eigenvalue weighted by Gasteiger charge is -2.21. The predicted molar refractivity (Wildman–Crippen MR) is 69.3 cm³/mol. The standard InChI is InChI=1S/C14H19NO3/c1-4-13(17)18-12-7-5-11(6-8-12)9-14(3,15)10(2)16/h5-8H,4,9,15H2,1-3H3. The van der Waals surface area contributed by atoms with Crippen LogP contribution in [0.15, 0.2) is 24.3 Å². The normalized spacial score (nSPS) is 13.8. The molecule has 4 heteroatoms. The van der Waals surface area contributed by atoms with E-state index in [-0.39, 0.29) is 11.8 Å². The maximum atomic E-state index is 11.3. The smallest absolute Gasteiger partial charge is 0.310 e. The van der Waals surface area contributed by atoms with Gasteiger partial charge in [-0.15, -0.1) is 0 Å². The Morgan fingerprint density at radius 2 is 1.83 bits per heavy atom. The first-order valence-corrected chi connectivity index (χ1v) is 5.94. The molecule has 1 rings (SSSR count). The third kappa shape index (κ3) is 3.96. The van der Waals surface area contributed by atoms with Crippen LogP contribution in [0.3, 0.4) is 0 Å². The molecular weight excluding hydrogens is 230 g/mol. The lowest BCUT2D eigenvalue weighted by molar-refractivity contribution is -0.134. The molecule has 0 fully saturated rings. The van der Waals surface area contributed by atoms with Crippen LogP contribution in [-0.2, 0) is 16.0 Å². The summed E-state index contributed by atoms with van der Waals surface area (Å²) in [5, 5.41) is 0. The minimum absolute atomic E-state index is 0.0519. The lowest BCUT2D eigenvalue weighted by atomic mass is 9.90. The molecule has 18 heavy (non-hydrogen) atoms. The quantitative estimate of drug-likeness (QED) is 0.638. The topological polar surface area (TPSA) is 69.4 Å². The Morgan fingerprint density at radius 3 is 2.28 bits per heavy atom. The molecular formula is C14H19NO3. The van der Waals surface area contributed by atoms with Crippen LogP contribution >= 0.6 is 0 Å². The molecule has 1 aromatic carbocycles. The van der Waals surface area contributed by atoms with Crippen LogP contribution in [-0.4, -0.2) is 17.3 Å². The highest BCUT2D eigenvalue weighted by Gasteiger charge is 2.24. The summed E-state index contributed by atoms with van der Waals surface area (Å²) in [5.74, 6) is 0.186. The fraction of sp³-hybridized carbons (Fsp3) is 0.429. The Kier molecular flexibility index (Phi) is 4.62. The van der Waals surface area contributed by atoms with E-state index in [1.54, 1.807) is 26.0 Å². The Balaban J connectivity index is 2.72. The van der Waals surface area contributed by atoms with Crippen molar-refractivity contribution in [2.75, 3.05) is 0 Å². The summed E-state index contributed by atoms with van der Waals surface area (Å²) in [6.07, 6.45) is 0.803. The summed E-state index contributed by atoms with van der Waals surface area (Å²) < 4.78 is 5.06. The largest absolute Gasteiger partial charge is 0.427 e. The molecule has 1 atom stereocenters. The molecule has 0 saturated carbocycles. The van der Waals surface area contributed by atoms with Gasteiger partial charge in [-0.1, -0.05) is 19.1 Å². The van der Waals surface area contributed by atoms with Gasteiger partial charge in [0.25, 0.3) is 0 Å². The second kappa shape index (κ2) is 5.78. The van der Waals surface area contributed by atoms with Gasteiger partial charge in [0.2, 0.25) is 0 Å². The summed E-state index contributed by atoms with van der Waals surface area (Å²) >= 11 is 0. The minimum atomic E-state index is -0.860. The molecule has 0 radical (unpaired) electrons. The van der Waals surface area contributed by atoms with E-state index in [2.05, 4.69) is 0 Å². The third-order valence-electron chi connectivity index (χ3n) is 2.82. The summed E-state index contributed by atoms with van der Waals surface area (Å²) in [5.41, 5.74) is 5.97. The zero-order chi connectivity index (χ0) is 13.8. The molecule has 1 unspecified atom stereocenters. The summed E-state index contributed by atoms with van der Waals surface area (Å²) in [6, 6.07) is 7.04. The van der Waals surface area contributed by atoms with Gasteiger partial charge in [0.15, 0.2) is 0 Å². The van der Waals surface area contributed by atoms with E-state index in [9.17, 15) is 9.59 Å². The van der Waals surface area contributed by atoms with Crippen LogP contribution in [0.2, 0.25) is 0 Å². The van der Waals surface area contributed by atoms with Gasteiger partial charge in [-0.25, -0.2) is 0 Å². The first-order valence-electron chi connectivity index (χ1n) is 5.94. The number of nitrogens with two attached hydrogens (primary N) is 1. The van der Waals surface area contributed by atoms with Crippen molar-refractivity contribution in [1.82, 2.24) is 0 Å². The minimum Gasteiger partial charge on any atom is -0.427 e. The molecule has 0 aliphatic carbocycles. The van der Waals surface area contributed by atoms with Crippen molar-refractivity contribution in [2.24, 2.45) is 5.73 Å². The van der Waals surface area contributed by atoms with Crippen molar-refractivity contribution in [3.05, 3.63) is 29.8 Å². The van der Waals surface area contributed by atoms with Crippen LogP contribution in [0.25, 0.3) is 0 Å². The number of hydrogen-bond donors (Lipinski definition) is 1. The molecule has 0 saturated heterocycles. The summed E-state index contributed by atoms with van der Waals surface area (Å²) in [6.45, 7) is 4.93. The molecule has 98 valence electrons. The van der Waals surface area contributed by atoms with Crippen molar-refractivity contribution >= 4 is 11.8 Å². The SMILES string of the molecule is CCC(=O)Oc1ccc(CC(C)(N)C(C)=O)cc1. The molecule has 0 amide bonds. The zero-order valence-corrected chi connectivity index (χ0v) is 11.0. The van der Waals surface area contributed by atoms with Gasteiger partial charge in [-0.05, 0) is 38.0 Å². The number of hydrogen-bond acceptors (Lipinski definition) is 4. The van der Waals surface area contributed by atoms with Crippen LogP contribution in [0, 0.1) is 0 Å². The van der Waals surface area contributed by atoms with Crippen LogP contribution < -0.4 is 10.5 Å². The van der Waals surface area contributed by atoms with Crippen molar-refractivity contribution in [1.29, 1.82) is 0 Å². The molecule has 4 nitrogen and oxygen atoms in total. The van der Waals surface area contributed by atoms with E-state index in [1.807, 2.05) is 12.1 Å². The van der Waals surface area contributed by atoms with Gasteiger partial charge in [0.1, 0.15) is 11.5 Å². The van der Waals surface area contributed by atoms with E-state index < -0.39 is 5.54 Å². The maximum absolute atomic E-state index is 11.3. The number of benzene rings is 1. The zero-order valence-electron chi connectivity index (χ0n) is 11.0. The fourth-order valence-corrected chi connectivity index (χ4v) is 1.43. The Labute approximate surface area is 107 Å². The second-order valence-corrected chi connectivity index (χ2v) is 4.62. The molecule has 0 aliphatic rings. The van der Waals surface area contributed by atoms with E-state index in [4.69, 9.17) is 10.5 Å². The first kappa shape index (κ1) is 14.4. The first-order chi connectivity index (χ1) is 8.35. The Bertz CT molecular complexity index is 435. The van der Waals surface area contributed by atoms with Crippen molar-refractivity contribution in [3.63, 3.8) is 0 Å². The number of carbonyl (C=O) groups excluding carboxylic acids is 2. The Hall–Kier alpha value is -1.68. The summed E-state index contributed by atoms with van der Waals surface area (Å²) in [7, 11) is 0. The van der Waals surface area contributed by atoms with Crippen molar-refractivity contribution in [3.8, 4) is 5.75 Å². The van der Waals surface area contributed by atoms with Gasteiger partial charge in [-0.3, -0.25) is 9.59 Å². The third-order valence-corrected chi connectivity index (χ3v) is 2.82. The van der Waals surface area contributed by atoms with Crippen LogP contribution in [0.1, 0.15) is 32.8 Å². The van der Waals surface area contributed by atoms with Crippen molar-refractivity contribution in [2.45, 2.75) is 39.2 Å². The van der Waals surface area contributed by atoms with Gasteiger partial charge < -0.3 is 10.5 Å². The number of ketones is 1. The number of carbonyl (C=O) groups is 2. The molecule has 0 heterocycles. The predicted octanol–water partition coefficient (Wildman–Crippen LogP) is 1.85. The number of rotatable bonds is 5. The second-order valence-electron chi connectivity index (χ2n) is 4.62. The molecule has 0 aromatic heterocycles. The average molecular weight is 249 g/mol. The number of Topliss-reactive ketones (excluding diaryl/α,β-unsaturated/α-hetero) is 1. The fourth-order valence-electron chi connectivity index (χ4n) is 1.43. The summed E-state index contributed by atoms with van der Waals surface area (Å²) in [4.78, 5) is 22.4. The van der Waals surface area contributed by atoms with E-state index in [0.717, 1.165) is 5.56 Å². The number of ether oxygens (including phenoxy) is 1. The lowest BCUT2D eigenvalue weighted by Crippen LogP contribution is -2.45. The highest BCUT2D eigenvalue weighted by atomic mass is 16.5. The monoisotopic (exact) mass is 249 g/mol. The number of esters is 1. The van der Waals surface area contributed by atoms with Crippen LogP contribution in [0.5, 0.6) is 5.75 Å². The van der Waals surface area contributed by atoms with Crippen molar-refractivity contribution < 1.29 is 14.3 Å². The maximum Gasteiger partial charge on any atom is 0.310 e.